The highest BCUT2D eigenvalue weighted by Gasteiger charge is 2.23. The molecule has 1 heterocycles. The lowest BCUT2D eigenvalue weighted by molar-refractivity contribution is -0.121. The second kappa shape index (κ2) is 9.31. The molecule has 26 heavy (non-hydrogen) atoms. The van der Waals surface area contributed by atoms with Crippen molar-refractivity contribution in [3.8, 4) is 5.75 Å². The molecule has 1 aromatic rings. The Hall–Kier alpha value is -1.68. The Morgan fingerprint density at radius 3 is 2.65 bits per heavy atom. The van der Waals surface area contributed by atoms with Gasteiger partial charge in [0.1, 0.15) is 5.75 Å². The number of carbonyl (C=O) groups excluding carboxylic acids is 1. The number of rotatable bonds is 8. The smallest absolute Gasteiger partial charge is 0.243 e. The Labute approximate surface area is 155 Å². The maximum absolute atomic E-state index is 12.6. The molecule has 1 amide bonds. The summed E-state index contributed by atoms with van der Waals surface area (Å²) < 4.78 is 36.7. The topological polar surface area (TPSA) is 88.2 Å². The first kappa shape index (κ1) is 20.6. The van der Waals surface area contributed by atoms with E-state index in [1.165, 1.54) is 20.2 Å². The Balaban J connectivity index is 1.87. The predicted octanol–water partition coefficient (Wildman–Crippen LogP) is 0.0725. The van der Waals surface area contributed by atoms with E-state index in [4.69, 9.17) is 9.47 Å². The quantitative estimate of drug-likeness (QED) is 0.682. The van der Waals surface area contributed by atoms with Gasteiger partial charge in [0, 0.05) is 33.2 Å². The van der Waals surface area contributed by atoms with E-state index < -0.39 is 10.0 Å². The van der Waals surface area contributed by atoms with Crippen LogP contribution >= 0.6 is 0 Å². The number of ether oxygens (including phenoxy) is 2. The highest BCUT2D eigenvalue weighted by atomic mass is 32.2. The Kier molecular flexibility index (Phi) is 7.39. The summed E-state index contributed by atoms with van der Waals surface area (Å²) in [6.45, 7) is 5.86. The van der Waals surface area contributed by atoms with Crippen LogP contribution in [0.2, 0.25) is 0 Å². The summed E-state index contributed by atoms with van der Waals surface area (Å²) in [5.74, 6) is 0.294. The maximum Gasteiger partial charge on any atom is 0.243 e. The molecule has 1 aliphatic heterocycles. The number of carbonyl (C=O) groups is 1. The van der Waals surface area contributed by atoms with Crippen molar-refractivity contribution in [2.24, 2.45) is 0 Å². The fourth-order valence-electron chi connectivity index (χ4n) is 2.71. The second-order valence-electron chi connectivity index (χ2n) is 6.20. The first-order valence-electron chi connectivity index (χ1n) is 8.52. The van der Waals surface area contributed by atoms with E-state index in [1.54, 1.807) is 19.1 Å². The summed E-state index contributed by atoms with van der Waals surface area (Å²) in [4.78, 5) is 14.4. The standard InChI is InChI=1S/C17H27N3O5S/c1-14-12-15(4-5-16(14)24-3)26(22,23)19(2)13-17(21)18-6-7-20-8-10-25-11-9-20/h4-5,12H,6-11,13H2,1-3H3,(H,18,21). The van der Waals surface area contributed by atoms with Crippen LogP contribution in [-0.2, 0) is 19.6 Å². The zero-order valence-electron chi connectivity index (χ0n) is 15.5. The first-order chi connectivity index (χ1) is 12.3. The van der Waals surface area contributed by atoms with Crippen LogP contribution in [0, 0.1) is 6.92 Å². The van der Waals surface area contributed by atoms with Gasteiger partial charge in [-0.1, -0.05) is 0 Å². The maximum atomic E-state index is 12.6. The number of morpholine rings is 1. The van der Waals surface area contributed by atoms with Crippen molar-refractivity contribution in [2.75, 3.05) is 60.1 Å². The van der Waals surface area contributed by atoms with Gasteiger partial charge < -0.3 is 14.8 Å². The molecule has 0 aliphatic carbocycles. The number of likely N-dealkylation sites (N-methyl/N-ethyl adjacent to an activating group) is 1. The van der Waals surface area contributed by atoms with Gasteiger partial charge in [-0.15, -0.1) is 0 Å². The van der Waals surface area contributed by atoms with Crippen molar-refractivity contribution < 1.29 is 22.7 Å². The van der Waals surface area contributed by atoms with Crippen LogP contribution in [0.15, 0.2) is 23.1 Å². The van der Waals surface area contributed by atoms with E-state index in [0.29, 0.717) is 25.5 Å². The second-order valence-corrected chi connectivity index (χ2v) is 8.24. The molecule has 0 bridgehead atoms. The van der Waals surface area contributed by atoms with Crippen LogP contribution < -0.4 is 10.1 Å². The van der Waals surface area contributed by atoms with Crippen LogP contribution in [0.25, 0.3) is 0 Å². The van der Waals surface area contributed by atoms with E-state index in [-0.39, 0.29) is 17.3 Å². The average molecular weight is 385 g/mol. The van der Waals surface area contributed by atoms with E-state index >= 15 is 0 Å². The summed E-state index contributed by atoms with van der Waals surface area (Å²) in [7, 11) is -0.806. The van der Waals surface area contributed by atoms with Gasteiger partial charge in [-0.3, -0.25) is 9.69 Å². The van der Waals surface area contributed by atoms with Crippen LogP contribution in [-0.4, -0.2) is 83.6 Å². The Bertz CT molecular complexity index is 717. The Morgan fingerprint density at radius 2 is 2.04 bits per heavy atom. The monoisotopic (exact) mass is 385 g/mol. The van der Waals surface area contributed by atoms with E-state index in [9.17, 15) is 13.2 Å². The molecule has 0 aromatic heterocycles. The SMILES string of the molecule is COc1ccc(S(=O)(=O)N(C)CC(=O)NCCN2CCOCC2)cc1C. The molecule has 2 rings (SSSR count). The highest BCUT2D eigenvalue weighted by molar-refractivity contribution is 7.89. The first-order valence-corrected chi connectivity index (χ1v) is 9.96. The third-order valence-corrected chi connectivity index (χ3v) is 6.09. The van der Waals surface area contributed by atoms with Crippen LogP contribution in [0.5, 0.6) is 5.75 Å². The number of benzene rings is 1. The number of nitrogens with one attached hydrogen (secondary N) is 1. The minimum Gasteiger partial charge on any atom is -0.496 e. The number of hydrogen-bond acceptors (Lipinski definition) is 6. The molecule has 1 saturated heterocycles. The normalized spacial score (nSPS) is 15.8. The number of hydrogen-bond donors (Lipinski definition) is 1. The van der Waals surface area contributed by atoms with Crippen molar-refractivity contribution >= 4 is 15.9 Å². The van der Waals surface area contributed by atoms with Crippen molar-refractivity contribution in [1.29, 1.82) is 0 Å². The predicted molar refractivity (Wildman–Crippen MR) is 97.8 cm³/mol. The molecular formula is C17H27N3O5S. The molecule has 1 fully saturated rings. The summed E-state index contributed by atoms with van der Waals surface area (Å²) in [5.41, 5.74) is 0.719. The fourth-order valence-corrected chi connectivity index (χ4v) is 3.93. The van der Waals surface area contributed by atoms with Crippen molar-refractivity contribution in [3.63, 3.8) is 0 Å². The van der Waals surface area contributed by atoms with Crippen molar-refractivity contribution in [2.45, 2.75) is 11.8 Å². The van der Waals surface area contributed by atoms with Crippen molar-refractivity contribution in [3.05, 3.63) is 23.8 Å². The van der Waals surface area contributed by atoms with Gasteiger partial charge in [0.2, 0.25) is 15.9 Å². The number of aryl methyl sites for hydroxylation is 1. The molecule has 0 unspecified atom stereocenters. The summed E-state index contributed by atoms with van der Waals surface area (Å²) in [5, 5.41) is 2.77. The van der Waals surface area contributed by atoms with Gasteiger partial charge in [0.15, 0.2) is 0 Å². The number of nitrogens with zero attached hydrogens (tertiary/aromatic N) is 2. The molecule has 1 aliphatic rings. The van der Waals surface area contributed by atoms with Gasteiger partial charge >= 0.3 is 0 Å². The van der Waals surface area contributed by atoms with Gasteiger partial charge in [-0.05, 0) is 30.7 Å². The average Bonchev–Trinajstić information content (AvgIpc) is 2.62. The van der Waals surface area contributed by atoms with E-state index in [1.807, 2.05) is 0 Å². The third kappa shape index (κ3) is 5.41. The van der Waals surface area contributed by atoms with Crippen molar-refractivity contribution in [1.82, 2.24) is 14.5 Å². The molecule has 1 N–H and O–H groups in total. The summed E-state index contributed by atoms with van der Waals surface area (Å²) >= 11 is 0. The van der Waals surface area contributed by atoms with E-state index in [2.05, 4.69) is 10.2 Å². The van der Waals surface area contributed by atoms with Crippen LogP contribution in [0.1, 0.15) is 5.56 Å². The van der Waals surface area contributed by atoms with Gasteiger partial charge in [-0.2, -0.15) is 4.31 Å². The molecule has 9 heteroatoms. The fraction of sp³-hybridized carbons (Fsp3) is 0.588. The van der Waals surface area contributed by atoms with Gasteiger partial charge in [0.25, 0.3) is 0 Å². The molecule has 0 atom stereocenters. The zero-order valence-corrected chi connectivity index (χ0v) is 16.3. The molecule has 1 aromatic carbocycles. The lowest BCUT2D eigenvalue weighted by Crippen LogP contribution is -2.43. The highest BCUT2D eigenvalue weighted by Crippen LogP contribution is 2.23. The summed E-state index contributed by atoms with van der Waals surface area (Å²) in [6, 6.07) is 4.63. The number of sulfonamides is 1. The van der Waals surface area contributed by atoms with Crippen LogP contribution in [0.4, 0.5) is 0 Å². The largest absolute Gasteiger partial charge is 0.496 e. The molecule has 0 spiro atoms. The third-order valence-electron chi connectivity index (χ3n) is 4.29. The lowest BCUT2D eigenvalue weighted by Gasteiger charge is -2.26. The van der Waals surface area contributed by atoms with Crippen LogP contribution in [0.3, 0.4) is 0 Å². The number of methoxy groups -OCH3 is 1. The minimum atomic E-state index is -3.74. The van der Waals surface area contributed by atoms with Gasteiger partial charge in [-0.25, -0.2) is 8.42 Å². The zero-order chi connectivity index (χ0) is 19.2. The molecule has 146 valence electrons. The summed E-state index contributed by atoms with van der Waals surface area (Å²) in [6.07, 6.45) is 0. The van der Waals surface area contributed by atoms with E-state index in [0.717, 1.165) is 29.5 Å². The van der Waals surface area contributed by atoms with Gasteiger partial charge in [0.05, 0.1) is 31.8 Å². The number of amides is 1. The molecule has 0 saturated carbocycles. The Morgan fingerprint density at radius 1 is 1.35 bits per heavy atom. The minimum absolute atomic E-state index is 0.138. The molecule has 0 radical (unpaired) electrons. The lowest BCUT2D eigenvalue weighted by atomic mass is 10.2. The molecule has 8 nitrogen and oxygen atoms in total. The molecular weight excluding hydrogens is 358 g/mol.